The Kier molecular flexibility index (Phi) is 4.49. The molecule has 0 aromatic heterocycles. The Morgan fingerprint density at radius 1 is 1.15 bits per heavy atom. The zero-order valence-corrected chi connectivity index (χ0v) is 12.3. The predicted octanol–water partition coefficient (Wildman–Crippen LogP) is 4.00. The van der Waals surface area contributed by atoms with E-state index in [0.717, 1.165) is 0 Å². The van der Waals surface area contributed by atoms with Gasteiger partial charge in [0.15, 0.2) is 0 Å². The molecule has 2 aromatic carbocycles. The number of amides is 1. The molecule has 0 heterocycles. The summed E-state index contributed by atoms with van der Waals surface area (Å²) in [7, 11) is 1.58. The van der Waals surface area contributed by atoms with E-state index in [1.165, 1.54) is 29.2 Å². The Balaban J connectivity index is 2.16. The molecule has 0 aliphatic heterocycles. The van der Waals surface area contributed by atoms with E-state index in [9.17, 15) is 13.6 Å². The quantitative estimate of drug-likeness (QED) is 0.827. The summed E-state index contributed by atoms with van der Waals surface area (Å²) >= 11 is 3.04. The van der Waals surface area contributed by atoms with Gasteiger partial charge in [0.1, 0.15) is 11.6 Å². The van der Waals surface area contributed by atoms with Crippen molar-refractivity contribution in [3.63, 3.8) is 0 Å². The van der Waals surface area contributed by atoms with Crippen molar-refractivity contribution >= 4 is 21.8 Å². The lowest BCUT2D eigenvalue weighted by molar-refractivity contribution is 0.0783. The fourth-order valence-corrected chi connectivity index (χ4v) is 2.18. The first kappa shape index (κ1) is 14.7. The lowest BCUT2D eigenvalue weighted by Gasteiger charge is -2.18. The van der Waals surface area contributed by atoms with Gasteiger partial charge in [-0.2, -0.15) is 0 Å². The Labute approximate surface area is 124 Å². The molecule has 2 nitrogen and oxygen atoms in total. The highest BCUT2D eigenvalue weighted by Gasteiger charge is 2.15. The molecule has 0 atom stereocenters. The Morgan fingerprint density at radius 3 is 2.50 bits per heavy atom. The van der Waals surface area contributed by atoms with Gasteiger partial charge in [-0.25, -0.2) is 8.78 Å². The van der Waals surface area contributed by atoms with E-state index >= 15 is 0 Å². The summed E-state index contributed by atoms with van der Waals surface area (Å²) in [6.07, 6.45) is 0. The second kappa shape index (κ2) is 6.13. The van der Waals surface area contributed by atoms with Crippen LogP contribution in [0.2, 0.25) is 0 Å². The van der Waals surface area contributed by atoms with E-state index in [0.29, 0.717) is 11.1 Å². The molecule has 0 aliphatic rings. The summed E-state index contributed by atoms with van der Waals surface area (Å²) in [5.41, 5.74) is 0.779. The molecule has 0 radical (unpaired) electrons. The Morgan fingerprint density at radius 2 is 1.85 bits per heavy atom. The minimum atomic E-state index is -0.432. The number of benzene rings is 2. The van der Waals surface area contributed by atoms with Crippen LogP contribution < -0.4 is 0 Å². The van der Waals surface area contributed by atoms with Crippen LogP contribution in [-0.2, 0) is 6.54 Å². The topological polar surface area (TPSA) is 20.3 Å². The van der Waals surface area contributed by atoms with Gasteiger partial charge in [-0.15, -0.1) is 0 Å². The SMILES string of the molecule is CN(Cc1ccccc1F)C(=O)c1ccc(F)c(Br)c1. The number of hydrogen-bond acceptors (Lipinski definition) is 1. The number of carbonyl (C=O) groups is 1. The van der Waals surface area contributed by atoms with Gasteiger partial charge in [-0.05, 0) is 40.2 Å². The predicted molar refractivity (Wildman–Crippen MR) is 76.3 cm³/mol. The van der Waals surface area contributed by atoms with Crippen molar-refractivity contribution < 1.29 is 13.6 Å². The van der Waals surface area contributed by atoms with Crippen LogP contribution in [0.15, 0.2) is 46.9 Å². The van der Waals surface area contributed by atoms with E-state index in [1.807, 2.05) is 0 Å². The van der Waals surface area contributed by atoms with Crippen molar-refractivity contribution in [2.24, 2.45) is 0 Å². The summed E-state index contributed by atoms with van der Waals surface area (Å²) in [6, 6.07) is 10.3. The maximum Gasteiger partial charge on any atom is 0.253 e. The lowest BCUT2D eigenvalue weighted by atomic mass is 10.1. The molecular formula is C15H12BrF2NO. The summed E-state index contributed by atoms with van der Waals surface area (Å²) < 4.78 is 26.9. The fraction of sp³-hybridized carbons (Fsp3) is 0.133. The van der Waals surface area contributed by atoms with Crippen LogP contribution in [0.5, 0.6) is 0 Å². The van der Waals surface area contributed by atoms with Crippen molar-refractivity contribution in [3.8, 4) is 0 Å². The maximum absolute atomic E-state index is 13.5. The minimum Gasteiger partial charge on any atom is -0.337 e. The molecule has 0 unspecified atom stereocenters. The fourth-order valence-electron chi connectivity index (χ4n) is 1.80. The van der Waals surface area contributed by atoms with Gasteiger partial charge in [-0.3, -0.25) is 4.79 Å². The van der Waals surface area contributed by atoms with Gasteiger partial charge in [-0.1, -0.05) is 18.2 Å². The molecule has 0 saturated heterocycles. The second-order valence-corrected chi connectivity index (χ2v) is 5.24. The first-order chi connectivity index (χ1) is 9.49. The number of nitrogens with zero attached hydrogens (tertiary/aromatic N) is 1. The molecule has 0 bridgehead atoms. The highest BCUT2D eigenvalue weighted by molar-refractivity contribution is 9.10. The van der Waals surface area contributed by atoms with Gasteiger partial charge >= 0.3 is 0 Å². The smallest absolute Gasteiger partial charge is 0.253 e. The molecular weight excluding hydrogens is 328 g/mol. The standard InChI is InChI=1S/C15H12BrF2NO/c1-19(9-11-4-2-3-5-13(11)17)15(20)10-6-7-14(18)12(16)8-10/h2-8H,9H2,1H3. The van der Waals surface area contributed by atoms with Crippen molar-refractivity contribution in [3.05, 3.63) is 69.7 Å². The van der Waals surface area contributed by atoms with Gasteiger partial charge < -0.3 is 4.90 Å². The van der Waals surface area contributed by atoms with E-state index in [4.69, 9.17) is 0 Å². The normalized spacial score (nSPS) is 10.4. The summed E-state index contributed by atoms with van der Waals surface area (Å²) in [5.74, 6) is -1.08. The van der Waals surface area contributed by atoms with Crippen LogP contribution in [0.25, 0.3) is 0 Å². The summed E-state index contributed by atoms with van der Waals surface area (Å²) in [4.78, 5) is 13.6. The Bertz CT molecular complexity index is 646. The van der Waals surface area contributed by atoms with E-state index in [2.05, 4.69) is 15.9 Å². The number of hydrogen-bond donors (Lipinski definition) is 0. The van der Waals surface area contributed by atoms with Gasteiger partial charge in [0.05, 0.1) is 4.47 Å². The van der Waals surface area contributed by atoms with Crippen LogP contribution in [-0.4, -0.2) is 17.9 Å². The van der Waals surface area contributed by atoms with Gasteiger partial charge in [0.25, 0.3) is 5.91 Å². The highest BCUT2D eigenvalue weighted by atomic mass is 79.9. The summed E-state index contributed by atoms with van der Waals surface area (Å²) in [5, 5.41) is 0. The second-order valence-electron chi connectivity index (χ2n) is 4.38. The minimum absolute atomic E-state index is 0.153. The summed E-state index contributed by atoms with van der Waals surface area (Å²) in [6.45, 7) is 0.153. The maximum atomic E-state index is 13.5. The van der Waals surface area contributed by atoms with Crippen molar-refractivity contribution in [1.82, 2.24) is 4.90 Å². The molecule has 0 saturated carbocycles. The number of carbonyl (C=O) groups excluding carboxylic acids is 1. The molecule has 1 amide bonds. The first-order valence-corrected chi connectivity index (χ1v) is 6.72. The average molecular weight is 340 g/mol. The largest absolute Gasteiger partial charge is 0.337 e. The molecule has 2 aromatic rings. The molecule has 0 aliphatic carbocycles. The monoisotopic (exact) mass is 339 g/mol. The van der Waals surface area contributed by atoms with E-state index < -0.39 is 5.82 Å². The molecule has 5 heteroatoms. The zero-order valence-electron chi connectivity index (χ0n) is 10.7. The van der Waals surface area contributed by atoms with Crippen LogP contribution in [0.4, 0.5) is 8.78 Å². The number of halogens is 3. The van der Waals surface area contributed by atoms with Crippen LogP contribution >= 0.6 is 15.9 Å². The lowest BCUT2D eigenvalue weighted by Crippen LogP contribution is -2.26. The molecule has 0 fully saturated rings. The Hall–Kier alpha value is -1.75. The molecule has 0 N–H and O–H groups in total. The van der Waals surface area contributed by atoms with E-state index in [1.54, 1.807) is 25.2 Å². The van der Waals surface area contributed by atoms with Crippen molar-refractivity contribution in [1.29, 1.82) is 0 Å². The van der Waals surface area contributed by atoms with Crippen LogP contribution in [0.3, 0.4) is 0 Å². The van der Waals surface area contributed by atoms with Gasteiger partial charge in [0.2, 0.25) is 0 Å². The van der Waals surface area contributed by atoms with Crippen molar-refractivity contribution in [2.45, 2.75) is 6.54 Å². The zero-order chi connectivity index (χ0) is 14.7. The van der Waals surface area contributed by atoms with Crippen LogP contribution in [0.1, 0.15) is 15.9 Å². The highest BCUT2D eigenvalue weighted by Crippen LogP contribution is 2.18. The van der Waals surface area contributed by atoms with Crippen LogP contribution in [0, 0.1) is 11.6 Å². The number of rotatable bonds is 3. The molecule has 2 rings (SSSR count). The van der Waals surface area contributed by atoms with E-state index in [-0.39, 0.29) is 22.7 Å². The third-order valence-corrected chi connectivity index (χ3v) is 3.49. The molecule has 104 valence electrons. The average Bonchev–Trinajstić information content (AvgIpc) is 2.43. The molecule has 0 spiro atoms. The third-order valence-electron chi connectivity index (χ3n) is 2.88. The first-order valence-electron chi connectivity index (χ1n) is 5.93. The third kappa shape index (κ3) is 3.22. The van der Waals surface area contributed by atoms with Gasteiger partial charge in [0, 0.05) is 24.7 Å². The molecule has 20 heavy (non-hydrogen) atoms. The van der Waals surface area contributed by atoms with Crippen molar-refractivity contribution in [2.75, 3.05) is 7.05 Å².